The van der Waals surface area contributed by atoms with Crippen LogP contribution in [-0.2, 0) is 14.0 Å². The van der Waals surface area contributed by atoms with E-state index < -0.39 is 15.4 Å². The lowest BCUT2D eigenvalue weighted by Crippen LogP contribution is -2.61. The van der Waals surface area contributed by atoms with Crippen LogP contribution in [0.1, 0.15) is 25.7 Å². The molecule has 0 aromatic heterocycles. The van der Waals surface area contributed by atoms with E-state index in [0.717, 1.165) is 19.3 Å². The summed E-state index contributed by atoms with van der Waals surface area (Å²) in [6.45, 7) is 13.6. The summed E-state index contributed by atoms with van der Waals surface area (Å²) >= 11 is 0. The van der Waals surface area contributed by atoms with Gasteiger partial charge in [-0.3, -0.25) is 0 Å². The van der Waals surface area contributed by atoms with Gasteiger partial charge in [0.1, 0.15) is 0 Å². The second kappa shape index (κ2) is 6.86. The monoisotopic (exact) mass is 300 g/mol. The Bertz CT molecular complexity index is 327. The minimum atomic E-state index is -1.43. The van der Waals surface area contributed by atoms with Gasteiger partial charge in [-0.1, -0.05) is 25.7 Å². The minimum Gasteiger partial charge on any atom is -0.463 e. The van der Waals surface area contributed by atoms with Crippen molar-refractivity contribution in [1.29, 1.82) is 0 Å². The largest absolute Gasteiger partial charge is 0.463 e. The molecule has 3 nitrogen and oxygen atoms in total. The van der Waals surface area contributed by atoms with Crippen LogP contribution >= 0.6 is 0 Å². The molecule has 0 saturated carbocycles. The number of esters is 1. The molecule has 19 heavy (non-hydrogen) atoms. The molecule has 0 aliphatic carbocycles. The second-order valence-electron chi connectivity index (χ2n) is 6.54. The zero-order chi connectivity index (χ0) is 14.5. The first kappa shape index (κ1) is 16.7. The minimum absolute atomic E-state index is 0.324. The highest BCUT2D eigenvalue weighted by atomic mass is 29.3. The topological polar surface area (TPSA) is 35.5 Å². The molecule has 0 radical (unpaired) electrons. The summed E-state index contributed by atoms with van der Waals surface area (Å²) in [5, 5.41) is 0. The average molecular weight is 301 g/mol. The highest BCUT2D eigenvalue weighted by Gasteiger charge is 2.47. The summed E-state index contributed by atoms with van der Waals surface area (Å²) in [7, 11) is -2.53. The first-order valence-corrected chi connectivity index (χ1v) is 14.4. The maximum absolute atomic E-state index is 10.9. The fraction of sp³-hybridized carbons (Fsp3) is 0.786. The van der Waals surface area contributed by atoms with E-state index in [9.17, 15) is 4.79 Å². The summed E-state index contributed by atoms with van der Waals surface area (Å²) in [4.78, 5) is 10.9. The molecule has 110 valence electrons. The van der Waals surface area contributed by atoms with Crippen LogP contribution < -0.4 is 0 Å². The van der Waals surface area contributed by atoms with Gasteiger partial charge in [0.05, 0.1) is 14.2 Å². The molecule has 1 aliphatic heterocycles. The summed E-state index contributed by atoms with van der Waals surface area (Å²) in [6.07, 6.45) is 5.97. The summed E-state index contributed by atoms with van der Waals surface area (Å²) in [6, 6.07) is 1.41. The zero-order valence-electron chi connectivity index (χ0n) is 12.8. The molecule has 1 saturated heterocycles. The lowest BCUT2D eigenvalue weighted by molar-refractivity contribution is -0.137. The van der Waals surface area contributed by atoms with Crippen LogP contribution in [0.3, 0.4) is 0 Å². The standard InChI is InChI=1S/C14H28O3Si2/c1-6-14(15)16-11-8-7-9-13-10-12-18(2,3)19(4,5)17-13/h6,13H,1,7-12H2,2-5H3. The van der Waals surface area contributed by atoms with Crippen LogP contribution in [0.25, 0.3) is 0 Å². The maximum Gasteiger partial charge on any atom is 0.330 e. The Balaban J connectivity index is 2.21. The van der Waals surface area contributed by atoms with Crippen LogP contribution in [0, 0.1) is 0 Å². The van der Waals surface area contributed by atoms with Crippen molar-refractivity contribution in [3.63, 3.8) is 0 Å². The number of unbranched alkanes of at least 4 members (excludes halogenated alkanes) is 1. The van der Waals surface area contributed by atoms with Crippen LogP contribution in [0.4, 0.5) is 0 Å². The summed E-state index contributed by atoms with van der Waals surface area (Å²) in [5.74, 6) is -0.324. The summed E-state index contributed by atoms with van der Waals surface area (Å²) in [5.41, 5.74) is 0. The molecule has 1 atom stereocenters. The van der Waals surface area contributed by atoms with Gasteiger partial charge in [0.25, 0.3) is 0 Å². The van der Waals surface area contributed by atoms with E-state index in [4.69, 9.17) is 9.16 Å². The SMILES string of the molecule is C=CC(=O)OCCCCC1CC[Si](C)(C)[Si](C)(C)O1. The molecule has 0 N–H and O–H groups in total. The first-order chi connectivity index (χ1) is 8.78. The molecule has 1 heterocycles. The van der Waals surface area contributed by atoms with Crippen molar-refractivity contribution in [2.45, 2.75) is 64.0 Å². The smallest absolute Gasteiger partial charge is 0.330 e. The van der Waals surface area contributed by atoms with Gasteiger partial charge in [-0.2, -0.15) is 0 Å². The molecule has 1 aliphatic rings. The number of rotatable bonds is 6. The van der Waals surface area contributed by atoms with E-state index in [1.807, 2.05) is 0 Å². The van der Waals surface area contributed by atoms with Crippen LogP contribution in [0.15, 0.2) is 12.7 Å². The van der Waals surface area contributed by atoms with Crippen LogP contribution in [-0.4, -0.2) is 34.1 Å². The number of hydrogen-bond acceptors (Lipinski definition) is 3. The van der Waals surface area contributed by atoms with Gasteiger partial charge in [-0.25, -0.2) is 4.79 Å². The fourth-order valence-electron chi connectivity index (χ4n) is 2.37. The van der Waals surface area contributed by atoms with Gasteiger partial charge in [0, 0.05) is 12.2 Å². The molecule has 5 heteroatoms. The number of carbonyl (C=O) groups is 1. The lowest BCUT2D eigenvalue weighted by atomic mass is 10.1. The Morgan fingerprint density at radius 2 is 2.05 bits per heavy atom. The van der Waals surface area contributed by atoms with Crippen molar-refractivity contribution in [1.82, 2.24) is 0 Å². The molecular weight excluding hydrogens is 272 g/mol. The average Bonchev–Trinajstić information content (AvgIpc) is 2.33. The van der Waals surface area contributed by atoms with Crippen molar-refractivity contribution < 1.29 is 14.0 Å². The Kier molecular flexibility index (Phi) is 6.01. The van der Waals surface area contributed by atoms with Gasteiger partial charge >= 0.3 is 5.97 Å². The Labute approximate surface area is 119 Å². The Hall–Kier alpha value is -0.396. The van der Waals surface area contributed by atoms with E-state index in [2.05, 4.69) is 32.8 Å². The molecule has 1 fully saturated rings. The molecule has 0 bridgehead atoms. The third kappa shape index (κ3) is 4.89. The van der Waals surface area contributed by atoms with Gasteiger partial charge in [-0.05, 0) is 38.8 Å². The van der Waals surface area contributed by atoms with Gasteiger partial charge in [0.15, 0.2) is 7.83 Å². The molecule has 0 aromatic carbocycles. The second-order valence-corrected chi connectivity index (χ2v) is 21.7. The normalized spacial score (nSPS) is 24.7. The predicted molar refractivity (Wildman–Crippen MR) is 84.3 cm³/mol. The van der Waals surface area contributed by atoms with Crippen LogP contribution in [0.2, 0.25) is 32.2 Å². The van der Waals surface area contributed by atoms with Gasteiger partial charge in [0.2, 0.25) is 0 Å². The molecule has 0 spiro atoms. The van der Waals surface area contributed by atoms with Gasteiger partial charge < -0.3 is 9.16 Å². The third-order valence-electron chi connectivity index (χ3n) is 4.51. The number of ether oxygens (including phenoxy) is 1. The van der Waals surface area contributed by atoms with E-state index in [0.29, 0.717) is 12.7 Å². The number of carbonyl (C=O) groups excluding carboxylic acids is 1. The Morgan fingerprint density at radius 1 is 1.37 bits per heavy atom. The molecule has 1 rings (SSSR count). The molecular formula is C14H28O3Si2. The lowest BCUT2D eigenvalue weighted by Gasteiger charge is -2.45. The number of hydrogen-bond donors (Lipinski definition) is 0. The molecule has 1 unspecified atom stereocenters. The highest BCUT2D eigenvalue weighted by Crippen LogP contribution is 2.34. The fourth-order valence-corrected chi connectivity index (χ4v) is 9.10. The predicted octanol–water partition coefficient (Wildman–Crippen LogP) is 3.67. The third-order valence-corrected chi connectivity index (χ3v) is 21.1. The summed E-state index contributed by atoms with van der Waals surface area (Å²) < 4.78 is 11.4. The Morgan fingerprint density at radius 3 is 2.63 bits per heavy atom. The first-order valence-electron chi connectivity index (χ1n) is 7.25. The van der Waals surface area contributed by atoms with Gasteiger partial charge in [-0.15, -0.1) is 0 Å². The van der Waals surface area contributed by atoms with Crippen molar-refractivity contribution in [3.8, 4) is 0 Å². The van der Waals surface area contributed by atoms with E-state index in [1.165, 1.54) is 18.5 Å². The van der Waals surface area contributed by atoms with Crippen molar-refractivity contribution in [2.75, 3.05) is 6.61 Å². The van der Waals surface area contributed by atoms with E-state index in [1.54, 1.807) is 0 Å². The molecule has 0 aromatic rings. The van der Waals surface area contributed by atoms with Crippen LogP contribution in [0.5, 0.6) is 0 Å². The highest BCUT2D eigenvalue weighted by molar-refractivity contribution is 7.38. The van der Waals surface area contributed by atoms with Crippen molar-refractivity contribution in [2.24, 2.45) is 0 Å². The van der Waals surface area contributed by atoms with E-state index in [-0.39, 0.29) is 5.97 Å². The quantitative estimate of drug-likeness (QED) is 0.325. The van der Waals surface area contributed by atoms with Crippen molar-refractivity contribution >= 4 is 21.4 Å². The maximum atomic E-state index is 10.9. The zero-order valence-corrected chi connectivity index (χ0v) is 14.8. The molecule has 0 amide bonds. The van der Waals surface area contributed by atoms with E-state index >= 15 is 0 Å². The van der Waals surface area contributed by atoms with Crippen molar-refractivity contribution in [3.05, 3.63) is 12.7 Å².